The summed E-state index contributed by atoms with van der Waals surface area (Å²) < 4.78 is 6.49. The summed E-state index contributed by atoms with van der Waals surface area (Å²) in [5.41, 5.74) is 5.57. The van der Waals surface area contributed by atoms with Crippen molar-refractivity contribution in [2.45, 2.75) is 39.2 Å². The molecule has 0 aliphatic carbocycles. The van der Waals surface area contributed by atoms with Crippen LogP contribution in [0.4, 0.5) is 5.69 Å². The van der Waals surface area contributed by atoms with Gasteiger partial charge in [0.15, 0.2) is 5.78 Å². The molecule has 6 rings (SSSR count). The Hall–Kier alpha value is -5.64. The highest BCUT2D eigenvalue weighted by molar-refractivity contribution is 7.22. The number of methoxy groups -OCH3 is 1. The molecule has 2 fully saturated rings. The molecule has 1 aromatic heterocycles. The maximum Gasteiger partial charge on any atom is 0.414 e. The van der Waals surface area contributed by atoms with E-state index in [1.165, 1.54) is 18.4 Å². The van der Waals surface area contributed by atoms with Gasteiger partial charge in [0.2, 0.25) is 5.91 Å². The number of rotatable bonds is 9. The van der Waals surface area contributed by atoms with Crippen LogP contribution in [-0.4, -0.2) is 106 Å². The Balaban J connectivity index is 0.000000453. The predicted molar refractivity (Wildman–Crippen MR) is 198 cm³/mol. The van der Waals surface area contributed by atoms with Crippen molar-refractivity contribution in [1.82, 2.24) is 9.80 Å². The molecule has 0 spiro atoms. The summed E-state index contributed by atoms with van der Waals surface area (Å²) in [6.07, 6.45) is 4.85. The van der Waals surface area contributed by atoms with Gasteiger partial charge in [-0.1, -0.05) is 24.3 Å². The van der Waals surface area contributed by atoms with Crippen LogP contribution in [0.1, 0.15) is 52.7 Å². The average molecular weight is 748 g/mol. The number of anilines is 1. The van der Waals surface area contributed by atoms with Crippen LogP contribution >= 0.6 is 11.3 Å². The number of thiophene rings is 1. The molecule has 2 aliphatic heterocycles. The highest BCUT2D eigenvalue weighted by atomic mass is 32.1. The van der Waals surface area contributed by atoms with Crippen molar-refractivity contribution in [2.24, 2.45) is 0 Å². The lowest BCUT2D eigenvalue weighted by Gasteiger charge is -2.17. The molecule has 280 valence electrons. The molecule has 3 heterocycles. The maximum atomic E-state index is 14.2. The van der Waals surface area contributed by atoms with E-state index >= 15 is 0 Å². The van der Waals surface area contributed by atoms with Gasteiger partial charge < -0.3 is 30.5 Å². The fourth-order valence-electron chi connectivity index (χ4n) is 6.02. The number of fused-ring (bicyclic) bond motifs is 1. The molecule has 4 aromatic rings. The number of nitrogens with zero attached hydrogens (tertiary/aromatic N) is 2. The smallest absolute Gasteiger partial charge is 0.414 e. The zero-order chi connectivity index (χ0) is 38.7. The van der Waals surface area contributed by atoms with E-state index in [9.17, 15) is 9.59 Å². The third-order valence-corrected chi connectivity index (χ3v) is 9.89. The fourth-order valence-corrected chi connectivity index (χ4v) is 7.26. The molecular formula is C38H41N3O11S. The summed E-state index contributed by atoms with van der Waals surface area (Å²) in [7, 11) is 1.66. The zero-order valence-electron chi connectivity index (χ0n) is 29.3. The van der Waals surface area contributed by atoms with Crippen LogP contribution in [-0.2, 0) is 30.5 Å². The lowest BCUT2D eigenvalue weighted by Crippen LogP contribution is -2.30. The molecule has 0 saturated carbocycles. The SMILES string of the molecule is COc1ccc2c(C(=O)c3ccc(CN4CCCC4)c(C)c3)c(-c3ccc(NC(=O)CN4CCCC4)cc3)sc2c1.O=C(O)C(=O)O.O=C(O)C(=O)O. The molecule has 15 heteroatoms. The molecule has 0 atom stereocenters. The Morgan fingerprint density at radius 2 is 1.30 bits per heavy atom. The molecular weight excluding hydrogens is 706 g/mol. The van der Waals surface area contributed by atoms with E-state index in [-0.39, 0.29) is 11.7 Å². The van der Waals surface area contributed by atoms with Gasteiger partial charge in [0.25, 0.3) is 0 Å². The molecule has 2 aliphatic rings. The first kappa shape index (κ1) is 40.1. The van der Waals surface area contributed by atoms with Crippen LogP contribution in [0, 0.1) is 6.92 Å². The van der Waals surface area contributed by atoms with Gasteiger partial charge in [-0.05, 0) is 112 Å². The van der Waals surface area contributed by atoms with Gasteiger partial charge in [-0.15, -0.1) is 11.3 Å². The molecule has 0 bridgehead atoms. The van der Waals surface area contributed by atoms with Crippen LogP contribution in [0.3, 0.4) is 0 Å². The fraction of sp³-hybridized carbons (Fsp3) is 0.316. The molecule has 0 unspecified atom stereocenters. The molecule has 5 N–H and O–H groups in total. The Bertz CT molecular complexity index is 1930. The predicted octanol–water partition coefficient (Wildman–Crippen LogP) is 5.06. The molecule has 53 heavy (non-hydrogen) atoms. The molecule has 1 amide bonds. The van der Waals surface area contributed by atoms with Gasteiger partial charge in [-0.25, -0.2) is 19.2 Å². The van der Waals surface area contributed by atoms with E-state index in [2.05, 4.69) is 28.1 Å². The summed E-state index contributed by atoms with van der Waals surface area (Å²) >= 11 is 1.60. The summed E-state index contributed by atoms with van der Waals surface area (Å²) in [5.74, 6) is -6.50. The highest BCUT2D eigenvalue weighted by Crippen LogP contribution is 2.41. The highest BCUT2D eigenvalue weighted by Gasteiger charge is 2.23. The molecule has 2 saturated heterocycles. The lowest BCUT2D eigenvalue weighted by atomic mass is 9.95. The van der Waals surface area contributed by atoms with Crippen molar-refractivity contribution >= 4 is 62.7 Å². The number of carbonyl (C=O) groups excluding carboxylic acids is 2. The second-order valence-electron chi connectivity index (χ2n) is 12.5. The Kier molecular flexibility index (Phi) is 14.2. The van der Waals surface area contributed by atoms with Crippen molar-refractivity contribution in [1.29, 1.82) is 0 Å². The quantitative estimate of drug-likeness (QED) is 0.112. The number of amides is 1. The normalized spacial score (nSPS) is 14.0. The van der Waals surface area contributed by atoms with Gasteiger partial charge in [-0.3, -0.25) is 19.4 Å². The number of benzene rings is 3. The maximum absolute atomic E-state index is 14.2. The first-order chi connectivity index (χ1) is 25.3. The lowest BCUT2D eigenvalue weighted by molar-refractivity contribution is -0.159. The summed E-state index contributed by atoms with van der Waals surface area (Å²) in [6, 6.07) is 19.9. The summed E-state index contributed by atoms with van der Waals surface area (Å²) in [6.45, 7) is 7.74. The number of carboxylic acids is 4. The third-order valence-electron chi connectivity index (χ3n) is 8.68. The van der Waals surface area contributed by atoms with E-state index < -0.39 is 23.9 Å². The number of nitrogens with one attached hydrogen (secondary N) is 1. The zero-order valence-corrected chi connectivity index (χ0v) is 30.1. The number of hydrogen-bond donors (Lipinski definition) is 5. The summed E-state index contributed by atoms with van der Waals surface area (Å²) in [4.78, 5) is 68.7. The van der Waals surface area contributed by atoms with Crippen molar-refractivity contribution in [2.75, 3.05) is 45.2 Å². The van der Waals surface area contributed by atoms with Gasteiger partial charge >= 0.3 is 23.9 Å². The Morgan fingerprint density at radius 3 is 1.83 bits per heavy atom. The average Bonchev–Trinajstić information content (AvgIpc) is 3.91. The van der Waals surface area contributed by atoms with Gasteiger partial charge in [0.1, 0.15) is 5.75 Å². The Morgan fingerprint density at radius 1 is 0.736 bits per heavy atom. The molecule has 3 aromatic carbocycles. The minimum Gasteiger partial charge on any atom is -0.497 e. The number of ketones is 1. The monoisotopic (exact) mass is 747 g/mol. The van der Waals surface area contributed by atoms with Crippen LogP contribution < -0.4 is 10.1 Å². The van der Waals surface area contributed by atoms with Crippen LogP contribution in [0.25, 0.3) is 20.5 Å². The minimum atomic E-state index is -1.82. The number of likely N-dealkylation sites (tertiary alicyclic amines) is 2. The minimum absolute atomic E-state index is 0.00743. The molecule has 0 radical (unpaired) electrons. The number of hydrogen-bond acceptors (Lipinski definition) is 10. The second kappa shape index (κ2) is 18.7. The number of carbonyl (C=O) groups is 6. The van der Waals surface area contributed by atoms with Gasteiger partial charge in [0.05, 0.1) is 13.7 Å². The van der Waals surface area contributed by atoms with Crippen LogP contribution in [0.5, 0.6) is 5.75 Å². The topological polar surface area (TPSA) is 211 Å². The standard InChI is InChI=1S/C34H37N3O3S.2C2H2O4/c1-23-19-25(7-8-26(23)21-36-15-3-4-16-36)33(39)32-29-14-13-28(40-2)20-30(29)41-34(32)24-9-11-27(12-10-24)35-31(38)22-37-17-5-6-18-37;2*3-1(4)2(5)6/h7-14,19-20H,3-6,15-18,21-22H2,1-2H3,(H,35,38);2*(H,3,4)(H,5,6). The number of carboxylic acid groups (broad SMARTS) is 4. The number of aliphatic carboxylic acids is 4. The van der Waals surface area contributed by atoms with E-state index in [0.717, 1.165) is 83.1 Å². The first-order valence-electron chi connectivity index (χ1n) is 16.8. The van der Waals surface area contributed by atoms with Crippen molar-refractivity contribution in [3.63, 3.8) is 0 Å². The van der Waals surface area contributed by atoms with Gasteiger partial charge in [-0.2, -0.15) is 0 Å². The van der Waals surface area contributed by atoms with E-state index in [0.29, 0.717) is 17.7 Å². The largest absolute Gasteiger partial charge is 0.497 e. The van der Waals surface area contributed by atoms with Crippen LogP contribution in [0.2, 0.25) is 0 Å². The summed E-state index contributed by atoms with van der Waals surface area (Å²) in [5, 5.41) is 33.5. The third kappa shape index (κ3) is 11.2. The first-order valence-corrected chi connectivity index (χ1v) is 17.6. The van der Waals surface area contributed by atoms with Crippen LogP contribution in [0.15, 0.2) is 60.7 Å². The van der Waals surface area contributed by atoms with Crippen molar-refractivity contribution < 1.29 is 53.9 Å². The van der Waals surface area contributed by atoms with Gasteiger partial charge in [0, 0.05) is 38.3 Å². The van der Waals surface area contributed by atoms with E-state index in [4.69, 9.17) is 44.3 Å². The molecule has 14 nitrogen and oxygen atoms in total. The second-order valence-corrected chi connectivity index (χ2v) is 13.5. The number of aryl methyl sites for hydroxylation is 1. The van der Waals surface area contributed by atoms with Crippen molar-refractivity contribution in [3.8, 4) is 16.2 Å². The van der Waals surface area contributed by atoms with E-state index in [1.807, 2.05) is 54.6 Å². The van der Waals surface area contributed by atoms with E-state index in [1.54, 1.807) is 18.4 Å². The Labute approximate surface area is 309 Å². The van der Waals surface area contributed by atoms with Crippen molar-refractivity contribution in [3.05, 3.63) is 82.9 Å². The number of ether oxygens (including phenoxy) is 1.